The van der Waals surface area contributed by atoms with E-state index in [1.54, 1.807) is 21.0 Å². The van der Waals surface area contributed by atoms with Crippen molar-refractivity contribution in [1.82, 2.24) is 0 Å². The third-order valence-electron chi connectivity index (χ3n) is 3.52. The van der Waals surface area contributed by atoms with Gasteiger partial charge < -0.3 is 10.5 Å². The molecule has 108 valence electrons. The van der Waals surface area contributed by atoms with Crippen molar-refractivity contribution < 1.29 is 13.2 Å². The van der Waals surface area contributed by atoms with Crippen molar-refractivity contribution in [3.8, 4) is 5.75 Å². The van der Waals surface area contributed by atoms with Crippen molar-refractivity contribution in [3.05, 3.63) is 28.2 Å². The lowest BCUT2D eigenvalue weighted by Gasteiger charge is -2.29. The van der Waals surface area contributed by atoms with Gasteiger partial charge in [0.15, 0.2) is 9.84 Å². The van der Waals surface area contributed by atoms with Crippen LogP contribution < -0.4 is 10.5 Å². The Labute approximate surface area is 123 Å². The molecule has 0 aromatic heterocycles. The van der Waals surface area contributed by atoms with Gasteiger partial charge in [-0.1, -0.05) is 6.07 Å². The Balaban J connectivity index is 2.95. The van der Waals surface area contributed by atoms with Gasteiger partial charge in [0.1, 0.15) is 5.75 Å². The fourth-order valence-electron chi connectivity index (χ4n) is 1.61. The Kier molecular flexibility index (Phi) is 5.03. The van der Waals surface area contributed by atoms with Crippen molar-refractivity contribution >= 4 is 25.8 Å². The second-order valence-electron chi connectivity index (χ2n) is 5.16. The Morgan fingerprint density at radius 1 is 1.42 bits per heavy atom. The highest BCUT2D eigenvalue weighted by Crippen LogP contribution is 2.27. The van der Waals surface area contributed by atoms with Gasteiger partial charge in [0, 0.05) is 12.3 Å². The second-order valence-corrected chi connectivity index (χ2v) is 8.61. The topological polar surface area (TPSA) is 69.4 Å². The summed E-state index contributed by atoms with van der Waals surface area (Å²) < 4.78 is 28.5. The third kappa shape index (κ3) is 3.70. The van der Waals surface area contributed by atoms with Crippen molar-refractivity contribution in [2.24, 2.45) is 5.73 Å². The molecule has 1 rings (SSSR count). The molecule has 2 N–H and O–H groups in total. The lowest BCUT2D eigenvalue weighted by molar-refractivity contribution is 0.411. The first-order valence-electron chi connectivity index (χ1n) is 5.87. The molecule has 1 aromatic carbocycles. The predicted octanol–water partition coefficient (Wildman–Crippen LogP) is 2.15. The van der Waals surface area contributed by atoms with Crippen LogP contribution in [0.3, 0.4) is 0 Å². The third-order valence-corrected chi connectivity index (χ3v) is 6.35. The molecule has 0 heterocycles. The maximum absolute atomic E-state index is 11.7. The molecule has 0 radical (unpaired) electrons. The first-order valence-corrected chi connectivity index (χ1v) is 8.55. The molecule has 0 saturated heterocycles. The van der Waals surface area contributed by atoms with E-state index in [0.29, 0.717) is 6.42 Å². The summed E-state index contributed by atoms with van der Waals surface area (Å²) in [7, 11) is -1.61. The average molecular weight is 350 g/mol. The van der Waals surface area contributed by atoms with Crippen LogP contribution >= 0.6 is 15.9 Å². The summed E-state index contributed by atoms with van der Waals surface area (Å²) in [4.78, 5) is 0. The first-order chi connectivity index (χ1) is 8.59. The van der Waals surface area contributed by atoms with E-state index in [1.807, 2.05) is 18.2 Å². The van der Waals surface area contributed by atoms with Crippen LogP contribution in [0.1, 0.15) is 19.4 Å². The number of hydrogen-bond donors (Lipinski definition) is 1. The van der Waals surface area contributed by atoms with E-state index in [-0.39, 0.29) is 0 Å². The maximum atomic E-state index is 11.7. The number of nitrogens with two attached hydrogens (primary N) is 1. The average Bonchev–Trinajstić information content (AvgIpc) is 2.27. The van der Waals surface area contributed by atoms with E-state index in [1.165, 1.54) is 6.26 Å². The van der Waals surface area contributed by atoms with Crippen LogP contribution in [0.2, 0.25) is 0 Å². The lowest BCUT2D eigenvalue weighted by Crippen LogP contribution is -2.49. The molecular formula is C13H20BrNO3S. The second kappa shape index (κ2) is 5.81. The summed E-state index contributed by atoms with van der Waals surface area (Å²) >= 11 is 3.40. The number of halogens is 1. The molecule has 1 unspecified atom stereocenters. The number of ether oxygens (including phenoxy) is 1. The minimum atomic E-state index is -3.21. The van der Waals surface area contributed by atoms with Crippen LogP contribution in [0, 0.1) is 0 Å². The molecule has 4 nitrogen and oxygen atoms in total. The van der Waals surface area contributed by atoms with Crippen molar-refractivity contribution in [3.63, 3.8) is 0 Å². The van der Waals surface area contributed by atoms with Gasteiger partial charge in [0.2, 0.25) is 0 Å². The zero-order valence-corrected chi connectivity index (χ0v) is 14.0. The maximum Gasteiger partial charge on any atom is 0.154 e. The zero-order valence-electron chi connectivity index (χ0n) is 11.6. The molecule has 0 aliphatic carbocycles. The molecule has 0 aliphatic rings. The highest BCUT2D eigenvalue weighted by molar-refractivity contribution is 9.10. The van der Waals surface area contributed by atoms with Gasteiger partial charge in [-0.05, 0) is 53.9 Å². The number of rotatable bonds is 5. The summed E-state index contributed by atoms with van der Waals surface area (Å²) in [5.74, 6) is 0.736. The van der Waals surface area contributed by atoms with Crippen molar-refractivity contribution in [2.45, 2.75) is 31.1 Å². The molecule has 0 amide bonds. The monoisotopic (exact) mass is 349 g/mol. The highest BCUT2D eigenvalue weighted by Gasteiger charge is 2.36. The highest BCUT2D eigenvalue weighted by atomic mass is 79.9. The van der Waals surface area contributed by atoms with Crippen LogP contribution in [0.25, 0.3) is 0 Å². The number of methoxy groups -OCH3 is 1. The van der Waals surface area contributed by atoms with Gasteiger partial charge in [0.25, 0.3) is 0 Å². The predicted molar refractivity (Wildman–Crippen MR) is 81.3 cm³/mol. The van der Waals surface area contributed by atoms with Gasteiger partial charge in [-0.15, -0.1) is 0 Å². The minimum Gasteiger partial charge on any atom is -0.496 e. The van der Waals surface area contributed by atoms with Gasteiger partial charge in [0.05, 0.1) is 16.3 Å². The van der Waals surface area contributed by atoms with Crippen LogP contribution in [0.15, 0.2) is 22.7 Å². The molecule has 1 atom stereocenters. The molecule has 6 heteroatoms. The molecule has 1 aromatic rings. The summed E-state index contributed by atoms with van der Waals surface area (Å²) in [6.07, 6.45) is 1.71. The standard InChI is InChI=1S/C13H20BrNO3S/c1-13(2,19(4,16)17)12(15)8-9-5-6-11(18-3)10(14)7-9/h5-7,12H,8,15H2,1-4H3. The molecular weight excluding hydrogens is 330 g/mol. The Morgan fingerprint density at radius 2 is 2.00 bits per heavy atom. The van der Waals surface area contributed by atoms with E-state index in [4.69, 9.17) is 10.5 Å². The van der Waals surface area contributed by atoms with Gasteiger partial charge in [-0.3, -0.25) is 0 Å². The van der Waals surface area contributed by atoms with Gasteiger partial charge >= 0.3 is 0 Å². The summed E-state index contributed by atoms with van der Waals surface area (Å²) in [5, 5.41) is 0. The molecule has 0 fully saturated rings. The van der Waals surface area contributed by atoms with Crippen LogP contribution in [-0.2, 0) is 16.3 Å². The molecule has 0 spiro atoms. The van der Waals surface area contributed by atoms with Crippen LogP contribution in [0.4, 0.5) is 0 Å². The number of hydrogen-bond acceptors (Lipinski definition) is 4. The normalized spacial score (nSPS) is 14.2. The fraction of sp³-hybridized carbons (Fsp3) is 0.538. The zero-order chi connectivity index (χ0) is 14.8. The smallest absolute Gasteiger partial charge is 0.154 e. The minimum absolute atomic E-state index is 0.470. The van der Waals surface area contributed by atoms with Crippen LogP contribution in [-0.4, -0.2) is 32.6 Å². The molecule has 19 heavy (non-hydrogen) atoms. The van der Waals surface area contributed by atoms with Crippen LogP contribution in [0.5, 0.6) is 5.75 Å². The Morgan fingerprint density at radius 3 is 2.42 bits per heavy atom. The molecule has 0 saturated carbocycles. The van der Waals surface area contributed by atoms with E-state index >= 15 is 0 Å². The summed E-state index contributed by atoms with van der Waals surface area (Å²) in [6.45, 7) is 3.32. The van der Waals surface area contributed by atoms with Crippen molar-refractivity contribution in [2.75, 3.05) is 13.4 Å². The largest absolute Gasteiger partial charge is 0.496 e. The first kappa shape index (κ1) is 16.5. The number of sulfone groups is 1. The quantitative estimate of drug-likeness (QED) is 0.884. The molecule has 0 aliphatic heterocycles. The number of benzene rings is 1. The summed E-state index contributed by atoms with van der Waals surface area (Å²) in [6, 6.07) is 5.15. The SMILES string of the molecule is COc1ccc(CC(N)C(C)(C)S(C)(=O)=O)cc1Br. The summed E-state index contributed by atoms with van der Waals surface area (Å²) in [5.41, 5.74) is 7.03. The van der Waals surface area contributed by atoms with E-state index in [9.17, 15) is 8.42 Å². The van der Waals surface area contributed by atoms with Gasteiger partial charge in [-0.2, -0.15) is 0 Å². The Bertz CT molecular complexity index is 555. The van der Waals surface area contributed by atoms with E-state index < -0.39 is 20.6 Å². The molecule has 0 bridgehead atoms. The lowest BCUT2D eigenvalue weighted by atomic mass is 9.96. The van der Waals surface area contributed by atoms with Crippen molar-refractivity contribution in [1.29, 1.82) is 0 Å². The van der Waals surface area contributed by atoms with Gasteiger partial charge in [-0.25, -0.2) is 8.42 Å². The van der Waals surface area contributed by atoms with E-state index in [2.05, 4.69) is 15.9 Å². The fourth-order valence-corrected chi connectivity index (χ4v) is 2.83. The van der Waals surface area contributed by atoms with E-state index in [0.717, 1.165) is 15.8 Å². The Hall–Kier alpha value is -0.590.